The van der Waals surface area contributed by atoms with Crippen molar-refractivity contribution < 1.29 is 13.9 Å². The number of benzene rings is 2. The summed E-state index contributed by atoms with van der Waals surface area (Å²) in [6.45, 7) is 0.786. The molecular weight excluding hydrogens is 401 g/mol. The highest BCUT2D eigenvalue weighted by Gasteiger charge is 2.30. The van der Waals surface area contributed by atoms with E-state index in [4.69, 9.17) is 4.74 Å². The molecule has 0 spiro atoms. The van der Waals surface area contributed by atoms with Gasteiger partial charge in [0.2, 0.25) is 0 Å². The smallest absolute Gasteiger partial charge is 0.346 e. The van der Waals surface area contributed by atoms with Gasteiger partial charge in [-0.2, -0.15) is 0 Å². The van der Waals surface area contributed by atoms with Gasteiger partial charge in [0.05, 0.1) is 13.7 Å². The number of methoxy groups -OCH3 is 1. The molecule has 2 N–H and O–H groups in total. The van der Waals surface area contributed by atoms with Gasteiger partial charge in [0.25, 0.3) is 0 Å². The lowest BCUT2D eigenvalue weighted by atomic mass is 10.2. The number of carbonyl (C=O) groups is 1. The van der Waals surface area contributed by atoms with E-state index in [0.29, 0.717) is 5.82 Å². The monoisotopic (exact) mass is 425 g/mol. The van der Waals surface area contributed by atoms with Crippen molar-refractivity contribution in [2.75, 3.05) is 13.7 Å². The second-order valence-corrected chi connectivity index (χ2v) is 7.39. The molecule has 0 bridgehead atoms. The summed E-state index contributed by atoms with van der Waals surface area (Å²) in [6, 6.07) is 13.2. The zero-order valence-corrected chi connectivity index (χ0v) is 17.2. The Morgan fingerprint density at radius 2 is 1.84 bits per heavy atom. The predicted octanol–water partition coefficient (Wildman–Crippen LogP) is 2.69. The molecule has 1 heterocycles. The largest absolute Gasteiger partial charge is 0.497 e. The SMILES string of the molecule is COc1ccc(-c2nn(CCNC(=O)NCc3ccc(F)cc3)c(=O)n2C2CC2)cc1. The number of halogens is 1. The van der Waals surface area contributed by atoms with Gasteiger partial charge in [0.1, 0.15) is 11.6 Å². The molecule has 3 aromatic rings. The van der Waals surface area contributed by atoms with Crippen molar-refractivity contribution in [2.45, 2.75) is 32.0 Å². The lowest BCUT2D eigenvalue weighted by Gasteiger charge is -2.07. The standard InChI is InChI=1S/C22H24FN5O3/c1-31-19-10-4-16(5-11-19)20-26-27(22(30)28(20)18-8-9-18)13-12-24-21(29)25-14-15-2-6-17(23)7-3-15/h2-7,10-11,18H,8-9,12-14H2,1H3,(H2,24,25,29). The maximum absolute atomic E-state index is 12.9. The molecule has 1 aliphatic rings. The summed E-state index contributed by atoms with van der Waals surface area (Å²) in [5.41, 5.74) is 1.45. The van der Waals surface area contributed by atoms with E-state index in [1.54, 1.807) is 23.8 Å². The average molecular weight is 425 g/mol. The molecule has 2 amide bonds. The van der Waals surface area contributed by atoms with E-state index in [1.165, 1.54) is 16.8 Å². The van der Waals surface area contributed by atoms with Crippen molar-refractivity contribution in [3.05, 3.63) is 70.4 Å². The van der Waals surface area contributed by atoms with Crippen molar-refractivity contribution in [3.8, 4) is 17.1 Å². The second kappa shape index (κ2) is 9.03. The summed E-state index contributed by atoms with van der Waals surface area (Å²) in [4.78, 5) is 24.9. The van der Waals surface area contributed by atoms with Crippen LogP contribution in [0.4, 0.5) is 9.18 Å². The van der Waals surface area contributed by atoms with Crippen molar-refractivity contribution in [2.24, 2.45) is 0 Å². The molecule has 1 saturated carbocycles. The Kier molecular flexibility index (Phi) is 6.01. The average Bonchev–Trinajstić information content (AvgIpc) is 3.57. The summed E-state index contributed by atoms with van der Waals surface area (Å²) in [6.07, 6.45) is 1.91. The molecule has 1 aromatic heterocycles. The Morgan fingerprint density at radius 1 is 1.13 bits per heavy atom. The summed E-state index contributed by atoms with van der Waals surface area (Å²) in [7, 11) is 1.60. The third kappa shape index (κ3) is 4.93. The van der Waals surface area contributed by atoms with Crippen LogP contribution in [0.5, 0.6) is 5.75 Å². The van der Waals surface area contributed by atoms with Gasteiger partial charge in [0, 0.05) is 24.7 Å². The van der Waals surface area contributed by atoms with E-state index in [1.807, 2.05) is 24.3 Å². The number of rotatable bonds is 8. The van der Waals surface area contributed by atoms with E-state index in [0.717, 1.165) is 29.7 Å². The molecule has 4 rings (SSSR count). The zero-order chi connectivity index (χ0) is 21.8. The van der Waals surface area contributed by atoms with Crippen molar-refractivity contribution in [3.63, 3.8) is 0 Å². The maximum atomic E-state index is 12.9. The quantitative estimate of drug-likeness (QED) is 0.581. The van der Waals surface area contributed by atoms with Crippen LogP contribution in [-0.4, -0.2) is 34.0 Å². The van der Waals surface area contributed by atoms with Gasteiger partial charge < -0.3 is 15.4 Å². The van der Waals surface area contributed by atoms with Gasteiger partial charge in [-0.25, -0.2) is 18.7 Å². The van der Waals surface area contributed by atoms with Crippen LogP contribution in [0.3, 0.4) is 0 Å². The topological polar surface area (TPSA) is 90.2 Å². The zero-order valence-electron chi connectivity index (χ0n) is 17.2. The molecule has 2 aromatic carbocycles. The minimum absolute atomic E-state index is 0.172. The van der Waals surface area contributed by atoms with Gasteiger partial charge in [0.15, 0.2) is 5.82 Å². The molecule has 1 aliphatic carbocycles. The number of hydrogen-bond acceptors (Lipinski definition) is 4. The van der Waals surface area contributed by atoms with Crippen LogP contribution in [0.15, 0.2) is 53.3 Å². The van der Waals surface area contributed by atoms with E-state index in [9.17, 15) is 14.0 Å². The maximum Gasteiger partial charge on any atom is 0.346 e. The van der Waals surface area contributed by atoms with E-state index in [2.05, 4.69) is 15.7 Å². The predicted molar refractivity (Wildman–Crippen MR) is 113 cm³/mol. The third-order valence-corrected chi connectivity index (χ3v) is 5.11. The molecule has 0 atom stereocenters. The van der Waals surface area contributed by atoms with E-state index in [-0.39, 0.29) is 43.2 Å². The lowest BCUT2D eigenvalue weighted by molar-refractivity contribution is 0.240. The van der Waals surface area contributed by atoms with Crippen molar-refractivity contribution >= 4 is 6.03 Å². The van der Waals surface area contributed by atoms with Crippen LogP contribution in [0.25, 0.3) is 11.4 Å². The fraction of sp³-hybridized carbons (Fsp3) is 0.318. The molecule has 162 valence electrons. The molecule has 0 aliphatic heterocycles. The molecule has 9 heteroatoms. The number of carbonyl (C=O) groups excluding carboxylic acids is 1. The van der Waals surface area contributed by atoms with Gasteiger partial charge in [-0.3, -0.25) is 4.57 Å². The number of hydrogen-bond donors (Lipinski definition) is 2. The van der Waals surface area contributed by atoms with Crippen LogP contribution in [0.2, 0.25) is 0 Å². The Balaban J connectivity index is 1.37. The van der Waals surface area contributed by atoms with Gasteiger partial charge in [-0.1, -0.05) is 12.1 Å². The molecule has 31 heavy (non-hydrogen) atoms. The highest BCUT2D eigenvalue weighted by molar-refractivity contribution is 5.73. The Labute approximate surface area is 178 Å². The number of urea groups is 1. The number of nitrogens with zero attached hydrogens (tertiary/aromatic N) is 3. The number of nitrogens with one attached hydrogen (secondary N) is 2. The Bertz CT molecular complexity index is 1100. The van der Waals surface area contributed by atoms with Gasteiger partial charge in [-0.05, 0) is 54.8 Å². The molecule has 0 radical (unpaired) electrons. The Morgan fingerprint density at radius 3 is 2.48 bits per heavy atom. The first-order valence-corrected chi connectivity index (χ1v) is 10.1. The summed E-state index contributed by atoms with van der Waals surface area (Å²) >= 11 is 0. The summed E-state index contributed by atoms with van der Waals surface area (Å²) in [5.74, 6) is 1.04. The highest BCUT2D eigenvalue weighted by atomic mass is 19.1. The first-order chi connectivity index (χ1) is 15.0. The third-order valence-electron chi connectivity index (χ3n) is 5.11. The van der Waals surface area contributed by atoms with E-state index >= 15 is 0 Å². The van der Waals surface area contributed by atoms with Crippen LogP contribution in [0.1, 0.15) is 24.4 Å². The number of amides is 2. The number of aromatic nitrogens is 3. The van der Waals surface area contributed by atoms with Crippen LogP contribution >= 0.6 is 0 Å². The molecular formula is C22H24FN5O3. The van der Waals surface area contributed by atoms with Crippen molar-refractivity contribution in [1.82, 2.24) is 25.0 Å². The molecule has 8 nitrogen and oxygen atoms in total. The summed E-state index contributed by atoms with van der Waals surface area (Å²) < 4.78 is 21.2. The Hall–Kier alpha value is -3.62. The van der Waals surface area contributed by atoms with Crippen LogP contribution < -0.4 is 21.1 Å². The number of ether oxygens (including phenoxy) is 1. The second-order valence-electron chi connectivity index (χ2n) is 7.39. The van der Waals surface area contributed by atoms with Crippen molar-refractivity contribution in [1.29, 1.82) is 0 Å². The van der Waals surface area contributed by atoms with Crippen LogP contribution in [0, 0.1) is 5.82 Å². The fourth-order valence-electron chi connectivity index (χ4n) is 3.29. The van der Waals surface area contributed by atoms with Crippen LogP contribution in [-0.2, 0) is 13.1 Å². The first-order valence-electron chi connectivity index (χ1n) is 10.1. The van der Waals surface area contributed by atoms with Gasteiger partial charge >= 0.3 is 11.7 Å². The minimum Gasteiger partial charge on any atom is -0.497 e. The molecule has 1 fully saturated rings. The summed E-state index contributed by atoms with van der Waals surface area (Å²) in [5, 5.41) is 9.94. The minimum atomic E-state index is -0.366. The molecule has 0 unspecified atom stereocenters. The van der Waals surface area contributed by atoms with Gasteiger partial charge in [-0.15, -0.1) is 5.10 Å². The fourth-order valence-corrected chi connectivity index (χ4v) is 3.29. The first kappa shape index (κ1) is 20.6. The highest BCUT2D eigenvalue weighted by Crippen LogP contribution is 2.36. The van der Waals surface area contributed by atoms with E-state index < -0.39 is 0 Å². The normalized spacial score (nSPS) is 13.1. The lowest BCUT2D eigenvalue weighted by Crippen LogP contribution is -2.38. The molecule has 0 saturated heterocycles.